The Morgan fingerprint density at radius 1 is 1.52 bits per heavy atom. The fourth-order valence-electron chi connectivity index (χ4n) is 2.53. The lowest BCUT2D eigenvalue weighted by Crippen LogP contribution is -2.41. The Morgan fingerprint density at radius 3 is 2.96 bits per heavy atom. The van der Waals surface area contributed by atoms with Crippen LogP contribution in [0.25, 0.3) is 0 Å². The van der Waals surface area contributed by atoms with Gasteiger partial charge in [-0.1, -0.05) is 6.92 Å². The fourth-order valence-corrected chi connectivity index (χ4v) is 4.32. The van der Waals surface area contributed by atoms with E-state index in [-0.39, 0.29) is 16.2 Å². The number of hydrogen-bond acceptors (Lipinski definition) is 6. The Labute approximate surface area is 138 Å². The number of carbonyl (C=O) groups excluding carboxylic acids is 1. The summed E-state index contributed by atoms with van der Waals surface area (Å²) in [6, 6.07) is 1.40. The quantitative estimate of drug-likeness (QED) is 0.886. The summed E-state index contributed by atoms with van der Waals surface area (Å²) >= 11 is 1.07. The third-order valence-electron chi connectivity index (χ3n) is 3.76. The van der Waals surface area contributed by atoms with Crippen LogP contribution in [0.2, 0.25) is 0 Å². The first-order valence-electron chi connectivity index (χ1n) is 7.39. The smallest absolute Gasteiger partial charge is 0.252 e. The molecule has 9 heteroatoms. The van der Waals surface area contributed by atoms with Gasteiger partial charge in [-0.25, -0.2) is 18.1 Å². The molecule has 2 aromatic heterocycles. The first-order valence-corrected chi connectivity index (χ1v) is 10.2. The number of rotatable bonds is 4. The van der Waals surface area contributed by atoms with Gasteiger partial charge in [0, 0.05) is 30.5 Å². The number of thiophene rings is 1. The maximum atomic E-state index is 12.3. The zero-order chi connectivity index (χ0) is 16.6. The van der Waals surface area contributed by atoms with Crippen molar-refractivity contribution in [2.75, 3.05) is 6.26 Å². The molecule has 2 aromatic rings. The maximum absolute atomic E-state index is 12.3. The molecular weight excluding hydrogens is 336 g/mol. The van der Waals surface area contributed by atoms with E-state index in [4.69, 9.17) is 0 Å². The second kappa shape index (κ2) is 6.04. The van der Waals surface area contributed by atoms with Gasteiger partial charge in [0.1, 0.15) is 10.0 Å². The monoisotopic (exact) mass is 354 g/mol. The predicted octanol–water partition coefficient (Wildman–Crippen LogP) is 1.05. The summed E-state index contributed by atoms with van der Waals surface area (Å²) in [5.41, 5.74) is 0.383. The zero-order valence-corrected chi connectivity index (χ0v) is 14.6. The van der Waals surface area contributed by atoms with Crippen molar-refractivity contribution in [3.63, 3.8) is 0 Å². The van der Waals surface area contributed by atoms with Crippen LogP contribution >= 0.6 is 11.3 Å². The molecule has 23 heavy (non-hydrogen) atoms. The van der Waals surface area contributed by atoms with Gasteiger partial charge in [-0.15, -0.1) is 11.3 Å². The lowest BCUT2D eigenvalue weighted by Gasteiger charge is -2.23. The van der Waals surface area contributed by atoms with E-state index in [1.165, 1.54) is 6.07 Å². The minimum absolute atomic E-state index is 0.0250. The topological polar surface area (TPSA) is 93.9 Å². The van der Waals surface area contributed by atoms with Crippen LogP contribution in [-0.2, 0) is 29.2 Å². The summed E-state index contributed by atoms with van der Waals surface area (Å²) in [6.07, 6.45) is 3.51. The predicted molar refractivity (Wildman–Crippen MR) is 86.4 cm³/mol. The molecule has 124 valence electrons. The molecule has 0 aliphatic carbocycles. The Hall–Kier alpha value is -1.74. The number of nitrogens with zero attached hydrogens (tertiary/aromatic N) is 3. The lowest BCUT2D eigenvalue weighted by atomic mass is 10.1. The van der Waals surface area contributed by atoms with E-state index in [2.05, 4.69) is 15.4 Å². The third kappa shape index (κ3) is 3.45. The molecule has 1 aliphatic heterocycles. The first-order chi connectivity index (χ1) is 10.9. The summed E-state index contributed by atoms with van der Waals surface area (Å²) < 4.78 is 25.0. The minimum atomic E-state index is -3.27. The number of aryl methyl sites for hydroxylation is 2. The molecule has 0 radical (unpaired) electrons. The van der Waals surface area contributed by atoms with E-state index in [1.54, 1.807) is 5.38 Å². The Kier molecular flexibility index (Phi) is 4.24. The van der Waals surface area contributed by atoms with Gasteiger partial charge in [0.2, 0.25) is 0 Å². The normalized spacial score (nSPS) is 17.7. The van der Waals surface area contributed by atoms with Crippen molar-refractivity contribution in [3.05, 3.63) is 28.7 Å². The van der Waals surface area contributed by atoms with Crippen LogP contribution in [0.5, 0.6) is 0 Å². The zero-order valence-electron chi connectivity index (χ0n) is 12.9. The van der Waals surface area contributed by atoms with E-state index in [0.29, 0.717) is 12.1 Å². The fraction of sp³-hybridized carbons (Fsp3) is 0.500. The molecule has 0 bridgehead atoms. The van der Waals surface area contributed by atoms with Crippen molar-refractivity contribution in [1.29, 1.82) is 0 Å². The van der Waals surface area contributed by atoms with Gasteiger partial charge in [-0.2, -0.15) is 5.10 Å². The summed E-state index contributed by atoms with van der Waals surface area (Å²) in [4.78, 5) is 16.7. The highest BCUT2D eigenvalue weighted by Gasteiger charge is 2.24. The second-order valence-corrected chi connectivity index (χ2v) is 8.77. The second-order valence-electron chi connectivity index (χ2n) is 5.62. The minimum Gasteiger partial charge on any atom is -0.347 e. The van der Waals surface area contributed by atoms with Crippen LogP contribution in [-0.4, -0.2) is 41.4 Å². The molecule has 0 aromatic carbocycles. The lowest BCUT2D eigenvalue weighted by molar-refractivity contribution is 0.0926. The van der Waals surface area contributed by atoms with Crippen LogP contribution in [0.4, 0.5) is 0 Å². The van der Waals surface area contributed by atoms with Crippen molar-refractivity contribution >= 4 is 27.1 Å². The molecule has 0 spiro atoms. The molecular formula is C14H18N4O3S2. The number of fused-ring (bicyclic) bond motifs is 1. The molecule has 0 saturated carbocycles. The van der Waals surface area contributed by atoms with Gasteiger partial charge in [0.25, 0.3) is 5.91 Å². The van der Waals surface area contributed by atoms with Crippen LogP contribution in [0, 0.1) is 0 Å². The highest BCUT2D eigenvalue weighted by Crippen LogP contribution is 2.20. The molecule has 1 unspecified atom stereocenters. The number of sulfone groups is 1. The maximum Gasteiger partial charge on any atom is 0.252 e. The highest BCUT2D eigenvalue weighted by atomic mass is 32.2. The number of nitrogens with one attached hydrogen (secondary N) is 1. The Balaban J connectivity index is 1.68. The van der Waals surface area contributed by atoms with Gasteiger partial charge in [0.05, 0.1) is 12.1 Å². The SMILES string of the molecule is CCc1nc2n(n1)CC(NC(=O)c1csc(S(C)(=O)=O)c1)CC2. The van der Waals surface area contributed by atoms with Crippen molar-refractivity contribution < 1.29 is 13.2 Å². The first kappa shape index (κ1) is 16.1. The summed E-state index contributed by atoms with van der Waals surface area (Å²) in [7, 11) is -3.27. The largest absolute Gasteiger partial charge is 0.347 e. The molecule has 3 heterocycles. The average molecular weight is 354 g/mol. The van der Waals surface area contributed by atoms with Crippen LogP contribution in [0.3, 0.4) is 0 Å². The van der Waals surface area contributed by atoms with Crippen molar-refractivity contribution in [3.8, 4) is 0 Å². The van der Waals surface area contributed by atoms with Crippen LogP contribution < -0.4 is 5.32 Å². The number of aromatic nitrogens is 3. The van der Waals surface area contributed by atoms with Crippen LogP contribution in [0.15, 0.2) is 15.7 Å². The summed E-state index contributed by atoms with van der Waals surface area (Å²) in [5.74, 6) is 1.53. The molecule has 3 rings (SSSR count). The van der Waals surface area contributed by atoms with Gasteiger partial charge < -0.3 is 5.32 Å². The molecule has 0 fully saturated rings. The Morgan fingerprint density at radius 2 is 2.30 bits per heavy atom. The van der Waals surface area contributed by atoms with Gasteiger partial charge >= 0.3 is 0 Å². The van der Waals surface area contributed by atoms with Crippen molar-refractivity contribution in [1.82, 2.24) is 20.1 Å². The molecule has 1 aliphatic rings. The van der Waals surface area contributed by atoms with Crippen molar-refractivity contribution in [2.24, 2.45) is 0 Å². The van der Waals surface area contributed by atoms with Crippen molar-refractivity contribution in [2.45, 2.75) is 43.0 Å². The number of hydrogen-bond donors (Lipinski definition) is 1. The number of carbonyl (C=O) groups is 1. The molecule has 1 N–H and O–H groups in total. The van der Waals surface area contributed by atoms with E-state index in [1.807, 2.05) is 11.6 Å². The summed E-state index contributed by atoms with van der Waals surface area (Å²) in [6.45, 7) is 2.60. The van der Waals surface area contributed by atoms with Gasteiger partial charge in [-0.05, 0) is 12.5 Å². The van der Waals surface area contributed by atoms with Crippen LogP contribution in [0.1, 0.15) is 35.4 Å². The van der Waals surface area contributed by atoms with E-state index in [0.717, 1.165) is 48.5 Å². The number of amides is 1. The average Bonchev–Trinajstić information content (AvgIpc) is 3.12. The standard InChI is InChI=1S/C14H18N4O3S2/c1-3-11-16-12-5-4-10(7-18(12)17-11)15-14(19)9-6-13(22-8-9)23(2,20)21/h6,8,10H,3-5,7H2,1-2H3,(H,15,19). The van der Waals surface area contributed by atoms with E-state index in [9.17, 15) is 13.2 Å². The third-order valence-corrected chi connectivity index (χ3v) is 6.52. The molecule has 0 saturated heterocycles. The Bertz CT molecular complexity index is 838. The molecule has 1 amide bonds. The van der Waals surface area contributed by atoms with Gasteiger partial charge in [0.15, 0.2) is 15.7 Å². The highest BCUT2D eigenvalue weighted by molar-refractivity contribution is 7.92. The molecule has 1 atom stereocenters. The molecule has 7 nitrogen and oxygen atoms in total. The van der Waals surface area contributed by atoms with E-state index < -0.39 is 9.84 Å². The van der Waals surface area contributed by atoms with Gasteiger partial charge in [-0.3, -0.25) is 4.79 Å². The van der Waals surface area contributed by atoms with E-state index >= 15 is 0 Å². The summed E-state index contributed by atoms with van der Waals surface area (Å²) in [5, 5.41) is 8.94.